The summed E-state index contributed by atoms with van der Waals surface area (Å²) in [5.41, 5.74) is 2.01. The fourth-order valence-electron chi connectivity index (χ4n) is 2.49. The molecule has 2 heterocycles. The molecule has 0 atom stereocenters. The molecule has 2 aromatic carbocycles. The first-order chi connectivity index (χ1) is 11.3. The maximum absolute atomic E-state index is 12.1. The smallest absolute Gasteiger partial charge is 0.308 e. The molecule has 5 nitrogen and oxygen atoms in total. The number of benzene rings is 2. The molecular weight excluding hydrogens is 310 g/mol. The van der Waals surface area contributed by atoms with Crippen LogP contribution in [-0.4, -0.2) is 14.8 Å². The number of hydrogen-bond acceptors (Lipinski definition) is 5. The molecule has 0 fully saturated rings. The second kappa shape index (κ2) is 5.81. The quantitative estimate of drug-likeness (QED) is 0.579. The van der Waals surface area contributed by atoms with Crippen molar-refractivity contribution < 1.29 is 4.42 Å². The van der Waals surface area contributed by atoms with Gasteiger partial charge in [-0.15, -0.1) is 10.2 Å². The lowest BCUT2D eigenvalue weighted by Crippen LogP contribution is -2.13. The highest BCUT2D eigenvalue weighted by atomic mass is 32.1. The minimum absolute atomic E-state index is 0.0194. The van der Waals surface area contributed by atoms with Crippen LogP contribution in [0.3, 0.4) is 0 Å². The Hall–Kier alpha value is -2.73. The van der Waals surface area contributed by atoms with Gasteiger partial charge in [0.25, 0.3) is 0 Å². The molecule has 0 aliphatic rings. The van der Waals surface area contributed by atoms with Gasteiger partial charge in [-0.25, -0.2) is 0 Å². The molecule has 0 radical (unpaired) electrons. The van der Waals surface area contributed by atoms with Crippen LogP contribution in [0.15, 0.2) is 63.8 Å². The summed E-state index contributed by atoms with van der Waals surface area (Å²) in [6.45, 7) is 0.296. The van der Waals surface area contributed by atoms with E-state index in [0.29, 0.717) is 24.7 Å². The van der Waals surface area contributed by atoms with E-state index < -0.39 is 0 Å². The Morgan fingerprint density at radius 2 is 1.70 bits per heavy atom. The second-order valence-corrected chi connectivity index (χ2v) is 6.17. The Bertz CT molecular complexity index is 1000. The zero-order valence-corrected chi connectivity index (χ0v) is 13.0. The minimum Gasteiger partial charge on any atom is -0.423 e. The Balaban J connectivity index is 1.60. The number of thiazole rings is 1. The zero-order valence-electron chi connectivity index (χ0n) is 12.2. The molecule has 23 heavy (non-hydrogen) atoms. The number of rotatable bonds is 4. The lowest BCUT2D eigenvalue weighted by Gasteiger charge is -1.99. The summed E-state index contributed by atoms with van der Waals surface area (Å²) in [5, 5.41) is 8.14. The van der Waals surface area contributed by atoms with Gasteiger partial charge in [-0.2, -0.15) is 0 Å². The largest absolute Gasteiger partial charge is 0.423 e. The fourth-order valence-corrected chi connectivity index (χ4v) is 3.38. The van der Waals surface area contributed by atoms with Crippen LogP contribution in [0.2, 0.25) is 0 Å². The SMILES string of the molecule is O=c1sc2ccccc2n1Cc1nnc(Cc2ccccc2)o1. The van der Waals surface area contributed by atoms with Gasteiger partial charge in [0.15, 0.2) is 0 Å². The van der Waals surface area contributed by atoms with E-state index >= 15 is 0 Å². The number of aromatic nitrogens is 3. The molecule has 0 spiro atoms. The monoisotopic (exact) mass is 323 g/mol. The third-order valence-electron chi connectivity index (χ3n) is 3.57. The number of para-hydroxylation sites is 1. The van der Waals surface area contributed by atoms with E-state index in [1.807, 2.05) is 54.6 Å². The van der Waals surface area contributed by atoms with Gasteiger partial charge in [-0.1, -0.05) is 53.8 Å². The van der Waals surface area contributed by atoms with Gasteiger partial charge in [0.05, 0.1) is 16.6 Å². The Kier molecular flexibility index (Phi) is 3.51. The van der Waals surface area contributed by atoms with E-state index in [0.717, 1.165) is 15.8 Å². The van der Waals surface area contributed by atoms with E-state index in [2.05, 4.69) is 10.2 Å². The van der Waals surface area contributed by atoms with Crippen molar-refractivity contribution in [3.63, 3.8) is 0 Å². The van der Waals surface area contributed by atoms with Crippen LogP contribution in [-0.2, 0) is 13.0 Å². The van der Waals surface area contributed by atoms with Crippen molar-refractivity contribution >= 4 is 21.6 Å². The zero-order chi connectivity index (χ0) is 15.6. The number of nitrogens with zero attached hydrogens (tertiary/aromatic N) is 3. The van der Waals surface area contributed by atoms with Crippen molar-refractivity contribution in [1.82, 2.24) is 14.8 Å². The van der Waals surface area contributed by atoms with Gasteiger partial charge in [-0.05, 0) is 17.7 Å². The molecule has 0 saturated heterocycles. The van der Waals surface area contributed by atoms with Gasteiger partial charge >= 0.3 is 4.87 Å². The summed E-state index contributed by atoms with van der Waals surface area (Å²) in [6.07, 6.45) is 0.590. The second-order valence-electron chi connectivity index (χ2n) is 5.17. The molecule has 4 aromatic rings. The van der Waals surface area contributed by atoms with Gasteiger partial charge in [0.2, 0.25) is 11.8 Å². The Labute approximate surface area is 135 Å². The summed E-state index contributed by atoms with van der Waals surface area (Å²) in [4.78, 5) is 12.1. The summed E-state index contributed by atoms with van der Waals surface area (Å²) in [6, 6.07) is 17.7. The van der Waals surface area contributed by atoms with Crippen LogP contribution in [0.25, 0.3) is 10.2 Å². The first-order valence-electron chi connectivity index (χ1n) is 7.23. The third-order valence-corrected chi connectivity index (χ3v) is 4.53. The van der Waals surface area contributed by atoms with Gasteiger partial charge < -0.3 is 4.42 Å². The predicted octanol–water partition coefficient (Wildman–Crippen LogP) is 3.09. The van der Waals surface area contributed by atoms with Crippen LogP contribution >= 0.6 is 11.3 Å². The molecule has 0 bridgehead atoms. The van der Waals surface area contributed by atoms with Crippen molar-refractivity contribution in [3.05, 3.63) is 81.6 Å². The molecule has 4 rings (SSSR count). The van der Waals surface area contributed by atoms with E-state index in [1.165, 1.54) is 11.3 Å². The highest BCUT2D eigenvalue weighted by molar-refractivity contribution is 7.16. The lowest BCUT2D eigenvalue weighted by atomic mass is 10.2. The predicted molar refractivity (Wildman–Crippen MR) is 88.7 cm³/mol. The molecular formula is C17H13N3O2S. The lowest BCUT2D eigenvalue weighted by molar-refractivity contribution is 0.447. The molecule has 114 valence electrons. The van der Waals surface area contributed by atoms with Crippen LogP contribution in [0.4, 0.5) is 0 Å². The molecule has 0 aliphatic heterocycles. The van der Waals surface area contributed by atoms with Crippen molar-refractivity contribution in [2.45, 2.75) is 13.0 Å². The van der Waals surface area contributed by atoms with E-state index in [9.17, 15) is 4.79 Å². The molecule has 0 saturated carbocycles. The minimum atomic E-state index is -0.0194. The molecule has 0 aliphatic carbocycles. The van der Waals surface area contributed by atoms with Gasteiger partial charge in [-0.3, -0.25) is 9.36 Å². The standard InChI is InChI=1S/C17H13N3O2S/c21-17-20(13-8-4-5-9-14(13)23-17)11-16-19-18-15(22-16)10-12-6-2-1-3-7-12/h1-9H,10-11H2. The molecule has 6 heteroatoms. The third kappa shape index (κ3) is 2.80. The average molecular weight is 323 g/mol. The van der Waals surface area contributed by atoms with Crippen molar-refractivity contribution in [2.75, 3.05) is 0 Å². The Morgan fingerprint density at radius 3 is 2.57 bits per heavy atom. The molecule has 0 N–H and O–H groups in total. The fraction of sp³-hybridized carbons (Fsp3) is 0.118. The van der Waals surface area contributed by atoms with E-state index in [-0.39, 0.29) is 4.87 Å². The number of hydrogen-bond donors (Lipinski definition) is 0. The van der Waals surface area contributed by atoms with Crippen LogP contribution < -0.4 is 4.87 Å². The van der Waals surface area contributed by atoms with Gasteiger partial charge in [0.1, 0.15) is 6.54 Å². The maximum Gasteiger partial charge on any atom is 0.308 e. The first kappa shape index (κ1) is 13.9. The molecule has 0 amide bonds. The van der Waals surface area contributed by atoms with Crippen LogP contribution in [0.1, 0.15) is 17.3 Å². The van der Waals surface area contributed by atoms with E-state index in [4.69, 9.17) is 4.42 Å². The molecule has 2 aromatic heterocycles. The highest BCUT2D eigenvalue weighted by Gasteiger charge is 2.12. The van der Waals surface area contributed by atoms with E-state index in [1.54, 1.807) is 4.57 Å². The normalized spacial score (nSPS) is 11.1. The van der Waals surface area contributed by atoms with Crippen molar-refractivity contribution in [1.29, 1.82) is 0 Å². The average Bonchev–Trinajstić information content (AvgIpc) is 3.14. The van der Waals surface area contributed by atoms with Crippen LogP contribution in [0, 0.1) is 0 Å². The number of fused-ring (bicyclic) bond motifs is 1. The van der Waals surface area contributed by atoms with Crippen molar-refractivity contribution in [2.24, 2.45) is 0 Å². The topological polar surface area (TPSA) is 60.9 Å². The summed E-state index contributed by atoms with van der Waals surface area (Å²) in [7, 11) is 0. The van der Waals surface area contributed by atoms with Crippen molar-refractivity contribution in [3.8, 4) is 0 Å². The highest BCUT2D eigenvalue weighted by Crippen LogP contribution is 2.17. The summed E-state index contributed by atoms with van der Waals surface area (Å²) >= 11 is 1.22. The maximum atomic E-state index is 12.1. The van der Waals surface area contributed by atoms with Crippen LogP contribution in [0.5, 0.6) is 0 Å². The summed E-state index contributed by atoms with van der Waals surface area (Å²) < 4.78 is 8.31. The Morgan fingerprint density at radius 1 is 0.957 bits per heavy atom. The van der Waals surface area contributed by atoms with Gasteiger partial charge in [0, 0.05) is 0 Å². The first-order valence-corrected chi connectivity index (χ1v) is 8.05. The summed E-state index contributed by atoms with van der Waals surface area (Å²) in [5.74, 6) is 1.00. The molecule has 0 unspecified atom stereocenters.